The van der Waals surface area contributed by atoms with Crippen LogP contribution < -0.4 is 15.5 Å². The minimum atomic E-state index is -0.151. The van der Waals surface area contributed by atoms with Crippen molar-refractivity contribution < 1.29 is 9.53 Å². The van der Waals surface area contributed by atoms with Crippen LogP contribution in [0.4, 0.5) is 0 Å². The summed E-state index contributed by atoms with van der Waals surface area (Å²) >= 11 is 1.90. The molecule has 6 heteroatoms. The third-order valence-corrected chi connectivity index (χ3v) is 4.08. The normalized spacial score (nSPS) is 15.2. The quantitative estimate of drug-likeness (QED) is 0.594. The lowest BCUT2D eigenvalue weighted by Gasteiger charge is -2.25. The first-order chi connectivity index (χ1) is 10.1. The maximum absolute atomic E-state index is 11.4. The van der Waals surface area contributed by atoms with Gasteiger partial charge in [0, 0.05) is 17.5 Å². The number of thioether (sulfide) groups is 1. The standard InChI is InChI=1S/C15H21N3O2S/c1-11(2)16-8-15(19)18-17-7-12-3-5-13(6-4-12)20-14-9-21-10-14/h3-7,11,14,16H,8-10H2,1-2H3,(H,18,19)/b17-7+. The van der Waals surface area contributed by atoms with Gasteiger partial charge in [0.25, 0.3) is 5.91 Å². The molecule has 1 aliphatic heterocycles. The Morgan fingerprint density at radius 1 is 1.43 bits per heavy atom. The van der Waals surface area contributed by atoms with Crippen LogP contribution in [0.5, 0.6) is 5.75 Å². The molecule has 1 aromatic carbocycles. The zero-order valence-corrected chi connectivity index (χ0v) is 13.2. The second-order valence-electron chi connectivity index (χ2n) is 5.18. The number of hydrogen-bond acceptors (Lipinski definition) is 5. The van der Waals surface area contributed by atoms with Gasteiger partial charge in [0.15, 0.2) is 0 Å². The monoisotopic (exact) mass is 307 g/mol. The van der Waals surface area contributed by atoms with Crippen LogP contribution in [0.3, 0.4) is 0 Å². The van der Waals surface area contributed by atoms with E-state index in [1.807, 2.05) is 49.9 Å². The second kappa shape index (κ2) is 8.05. The molecule has 114 valence electrons. The smallest absolute Gasteiger partial charge is 0.254 e. The molecule has 2 N–H and O–H groups in total. The average Bonchev–Trinajstić information content (AvgIpc) is 2.42. The van der Waals surface area contributed by atoms with Gasteiger partial charge in [0.05, 0.1) is 12.8 Å². The number of rotatable bonds is 7. The first-order valence-corrected chi connectivity index (χ1v) is 8.18. The molecule has 0 spiro atoms. The minimum absolute atomic E-state index is 0.151. The third kappa shape index (κ3) is 5.77. The zero-order chi connectivity index (χ0) is 15.1. The highest BCUT2D eigenvalue weighted by molar-refractivity contribution is 8.00. The van der Waals surface area contributed by atoms with E-state index in [2.05, 4.69) is 15.8 Å². The van der Waals surface area contributed by atoms with E-state index < -0.39 is 0 Å². The second-order valence-corrected chi connectivity index (χ2v) is 6.25. The largest absolute Gasteiger partial charge is 0.489 e. The first kappa shape index (κ1) is 15.9. The van der Waals surface area contributed by atoms with Crippen molar-refractivity contribution in [2.75, 3.05) is 18.1 Å². The molecule has 0 bridgehead atoms. The van der Waals surface area contributed by atoms with Crippen LogP contribution in [0, 0.1) is 0 Å². The molecule has 2 rings (SSSR count). The molecule has 1 aliphatic rings. The highest BCUT2D eigenvalue weighted by Gasteiger charge is 2.19. The van der Waals surface area contributed by atoms with Gasteiger partial charge in [-0.15, -0.1) is 0 Å². The van der Waals surface area contributed by atoms with E-state index >= 15 is 0 Å². The number of nitrogens with one attached hydrogen (secondary N) is 2. The van der Waals surface area contributed by atoms with E-state index in [1.54, 1.807) is 6.21 Å². The lowest BCUT2D eigenvalue weighted by Crippen LogP contribution is -2.34. The first-order valence-electron chi connectivity index (χ1n) is 7.03. The molecule has 5 nitrogen and oxygen atoms in total. The van der Waals surface area contributed by atoms with Crippen molar-refractivity contribution in [2.24, 2.45) is 5.10 Å². The van der Waals surface area contributed by atoms with Crippen LogP contribution in [-0.4, -0.2) is 42.3 Å². The van der Waals surface area contributed by atoms with Crippen LogP contribution in [0.15, 0.2) is 29.4 Å². The van der Waals surface area contributed by atoms with Crippen LogP contribution >= 0.6 is 11.8 Å². The molecule has 1 saturated heterocycles. The molecule has 0 unspecified atom stereocenters. The maximum Gasteiger partial charge on any atom is 0.254 e. The highest BCUT2D eigenvalue weighted by Crippen LogP contribution is 2.23. The summed E-state index contributed by atoms with van der Waals surface area (Å²) in [7, 11) is 0. The fourth-order valence-electron chi connectivity index (χ4n) is 1.62. The summed E-state index contributed by atoms with van der Waals surface area (Å²) in [6.07, 6.45) is 1.97. The summed E-state index contributed by atoms with van der Waals surface area (Å²) in [6.45, 7) is 4.24. The molecular weight excluding hydrogens is 286 g/mol. The predicted octanol–water partition coefficient (Wildman–Crippen LogP) is 1.63. The Labute approximate surface area is 129 Å². The van der Waals surface area contributed by atoms with Gasteiger partial charge in [-0.05, 0) is 29.8 Å². The number of amides is 1. The fourth-order valence-corrected chi connectivity index (χ4v) is 2.19. The van der Waals surface area contributed by atoms with Gasteiger partial charge in [-0.2, -0.15) is 16.9 Å². The number of benzene rings is 1. The number of carbonyl (C=O) groups is 1. The summed E-state index contributed by atoms with van der Waals surface area (Å²) in [5, 5.41) is 6.96. The summed E-state index contributed by atoms with van der Waals surface area (Å²) in [5.74, 6) is 2.87. The van der Waals surface area contributed by atoms with Crippen LogP contribution in [0.2, 0.25) is 0 Å². The molecule has 0 aliphatic carbocycles. The molecule has 1 amide bonds. The topological polar surface area (TPSA) is 62.7 Å². The van der Waals surface area contributed by atoms with Gasteiger partial charge in [-0.1, -0.05) is 13.8 Å². The lowest BCUT2D eigenvalue weighted by atomic mass is 10.2. The third-order valence-electron chi connectivity index (χ3n) is 2.86. The van der Waals surface area contributed by atoms with Crippen molar-refractivity contribution in [3.05, 3.63) is 29.8 Å². The Morgan fingerprint density at radius 2 is 2.14 bits per heavy atom. The van der Waals surface area contributed by atoms with Crippen molar-refractivity contribution in [3.8, 4) is 5.75 Å². The molecule has 0 atom stereocenters. The Balaban J connectivity index is 1.74. The van der Waals surface area contributed by atoms with E-state index in [9.17, 15) is 4.79 Å². The van der Waals surface area contributed by atoms with E-state index in [0.29, 0.717) is 6.10 Å². The minimum Gasteiger partial charge on any atom is -0.489 e. The molecule has 0 saturated carbocycles. The fraction of sp³-hybridized carbons (Fsp3) is 0.467. The number of hydrazone groups is 1. The Hall–Kier alpha value is -1.53. The van der Waals surface area contributed by atoms with Crippen molar-refractivity contribution in [1.29, 1.82) is 0 Å². The van der Waals surface area contributed by atoms with Crippen LogP contribution in [0.25, 0.3) is 0 Å². The van der Waals surface area contributed by atoms with E-state index in [4.69, 9.17) is 4.74 Å². The SMILES string of the molecule is CC(C)NCC(=O)N/N=C/c1ccc(OC2CSC2)cc1. The van der Waals surface area contributed by atoms with Crippen molar-refractivity contribution in [2.45, 2.75) is 26.0 Å². The van der Waals surface area contributed by atoms with Crippen molar-refractivity contribution in [3.63, 3.8) is 0 Å². The van der Waals surface area contributed by atoms with Crippen LogP contribution in [-0.2, 0) is 4.79 Å². The van der Waals surface area contributed by atoms with Gasteiger partial charge in [-0.3, -0.25) is 4.79 Å². The molecule has 21 heavy (non-hydrogen) atoms. The lowest BCUT2D eigenvalue weighted by molar-refractivity contribution is -0.120. The Kier molecular flexibility index (Phi) is 6.07. The molecule has 0 radical (unpaired) electrons. The molecule has 0 aromatic heterocycles. The molecule has 1 aromatic rings. The zero-order valence-electron chi connectivity index (χ0n) is 12.3. The number of carbonyl (C=O) groups excluding carboxylic acids is 1. The predicted molar refractivity (Wildman–Crippen MR) is 87.1 cm³/mol. The van der Waals surface area contributed by atoms with Crippen LogP contribution in [0.1, 0.15) is 19.4 Å². The summed E-state index contributed by atoms with van der Waals surface area (Å²) < 4.78 is 5.76. The summed E-state index contributed by atoms with van der Waals surface area (Å²) in [5.41, 5.74) is 3.40. The van der Waals surface area contributed by atoms with E-state index in [0.717, 1.165) is 22.8 Å². The molecular formula is C15H21N3O2S. The van der Waals surface area contributed by atoms with Crippen molar-refractivity contribution >= 4 is 23.9 Å². The maximum atomic E-state index is 11.4. The summed E-state index contributed by atoms with van der Waals surface area (Å²) in [4.78, 5) is 11.4. The molecule has 1 fully saturated rings. The Bertz CT molecular complexity index is 484. The van der Waals surface area contributed by atoms with E-state index in [1.165, 1.54) is 0 Å². The number of hydrogen-bond donors (Lipinski definition) is 2. The highest BCUT2D eigenvalue weighted by atomic mass is 32.2. The average molecular weight is 307 g/mol. The van der Waals surface area contributed by atoms with Gasteiger partial charge >= 0.3 is 0 Å². The number of ether oxygens (including phenoxy) is 1. The Morgan fingerprint density at radius 3 is 2.71 bits per heavy atom. The van der Waals surface area contributed by atoms with Gasteiger partial charge in [0.2, 0.25) is 0 Å². The summed E-state index contributed by atoms with van der Waals surface area (Å²) in [6, 6.07) is 7.96. The van der Waals surface area contributed by atoms with Gasteiger partial charge < -0.3 is 10.1 Å². The number of nitrogens with zero attached hydrogens (tertiary/aromatic N) is 1. The van der Waals surface area contributed by atoms with Crippen molar-refractivity contribution in [1.82, 2.24) is 10.7 Å². The van der Waals surface area contributed by atoms with Gasteiger partial charge in [-0.25, -0.2) is 5.43 Å². The van der Waals surface area contributed by atoms with Gasteiger partial charge in [0.1, 0.15) is 11.9 Å². The van der Waals surface area contributed by atoms with E-state index in [-0.39, 0.29) is 18.5 Å². The molecule has 1 heterocycles.